The first kappa shape index (κ1) is 33.8. The van der Waals surface area contributed by atoms with Gasteiger partial charge in [0.05, 0.1) is 47.7 Å². The number of aromatic nitrogens is 4. The maximum absolute atomic E-state index is 13.6. The molecule has 0 fully saturated rings. The lowest BCUT2D eigenvalue weighted by Gasteiger charge is -2.40. The number of tetrazole rings is 1. The van der Waals surface area contributed by atoms with Gasteiger partial charge in [0.25, 0.3) is 5.95 Å². The number of hydrogen-bond donors (Lipinski definition) is 2. The summed E-state index contributed by atoms with van der Waals surface area (Å²) in [7, 11) is 0. The third-order valence-corrected chi connectivity index (χ3v) is 7.05. The Balaban J connectivity index is 1.55. The van der Waals surface area contributed by atoms with Crippen molar-refractivity contribution in [1.82, 2.24) is 20.2 Å². The van der Waals surface area contributed by atoms with Gasteiger partial charge in [-0.3, -0.25) is 4.90 Å². The summed E-state index contributed by atoms with van der Waals surface area (Å²) in [6, 6.07) is 2.55. The van der Waals surface area contributed by atoms with Crippen molar-refractivity contribution in [2.45, 2.75) is 76.4 Å². The summed E-state index contributed by atoms with van der Waals surface area (Å²) in [6.45, 7) is 2.92. The highest BCUT2D eigenvalue weighted by molar-refractivity contribution is 5.90. The second kappa shape index (κ2) is 12.7. The lowest BCUT2D eigenvalue weighted by atomic mass is 9.89. The Morgan fingerprint density at radius 3 is 2.16 bits per heavy atom. The van der Waals surface area contributed by atoms with E-state index in [1.54, 1.807) is 13.8 Å². The van der Waals surface area contributed by atoms with E-state index in [2.05, 4.69) is 20.7 Å². The lowest BCUT2D eigenvalue weighted by Crippen LogP contribution is -2.46. The summed E-state index contributed by atoms with van der Waals surface area (Å²) < 4.78 is 125. The van der Waals surface area contributed by atoms with Gasteiger partial charge < -0.3 is 15.2 Å². The van der Waals surface area contributed by atoms with E-state index in [0.29, 0.717) is 18.6 Å². The molecule has 9 nitrogen and oxygen atoms in total. The van der Waals surface area contributed by atoms with Crippen molar-refractivity contribution in [2.24, 2.45) is 0 Å². The van der Waals surface area contributed by atoms with E-state index >= 15 is 0 Å². The Morgan fingerprint density at radius 1 is 0.978 bits per heavy atom. The number of ether oxygens (including phenoxy) is 1. The fourth-order valence-electron chi connectivity index (χ4n) is 5.05. The minimum atomic E-state index is -5.06. The van der Waals surface area contributed by atoms with Crippen molar-refractivity contribution in [3.8, 4) is 0 Å². The van der Waals surface area contributed by atoms with Crippen LogP contribution in [0.5, 0.6) is 0 Å². The predicted octanol–water partition coefficient (Wildman–Crippen LogP) is 6.63. The Morgan fingerprint density at radius 2 is 1.60 bits per heavy atom. The van der Waals surface area contributed by atoms with Crippen LogP contribution in [0.2, 0.25) is 0 Å². The molecule has 2 aromatic carbocycles. The van der Waals surface area contributed by atoms with Crippen LogP contribution in [-0.4, -0.2) is 50.2 Å². The SMILES string of the molecule is CCOC(=O)N1c2ccc(C(F)(F)F)cc2[C@@H](Nc2nnn(CC(O)Cc3cc(C(F)(F)F)cc(C(F)(F)F)c3)n2)C[C@H]1CC. The molecule has 0 radical (unpaired) electrons. The van der Waals surface area contributed by atoms with Gasteiger partial charge in [-0.05, 0) is 72.5 Å². The normalized spacial score (nSPS) is 18.0. The van der Waals surface area contributed by atoms with Crippen molar-refractivity contribution < 1.29 is 54.2 Å². The van der Waals surface area contributed by atoms with Crippen LogP contribution < -0.4 is 10.2 Å². The molecule has 45 heavy (non-hydrogen) atoms. The van der Waals surface area contributed by atoms with E-state index in [1.165, 1.54) is 11.0 Å². The number of aliphatic hydroxyl groups is 1. The van der Waals surface area contributed by atoms with Gasteiger partial charge in [0.2, 0.25) is 0 Å². The summed E-state index contributed by atoms with van der Waals surface area (Å²) in [4.78, 5) is 14.9. The van der Waals surface area contributed by atoms with Crippen LogP contribution in [0.25, 0.3) is 0 Å². The zero-order valence-electron chi connectivity index (χ0n) is 23.6. The van der Waals surface area contributed by atoms with Crippen LogP contribution >= 0.6 is 0 Å². The summed E-state index contributed by atoms with van der Waals surface area (Å²) in [5.74, 6) is -0.187. The quantitative estimate of drug-likeness (QED) is 0.263. The molecule has 0 spiro atoms. The molecule has 1 unspecified atom stereocenters. The fraction of sp³-hybridized carbons (Fsp3) is 0.481. The van der Waals surface area contributed by atoms with Crippen LogP contribution in [-0.2, 0) is 36.2 Å². The zero-order valence-corrected chi connectivity index (χ0v) is 23.6. The minimum absolute atomic E-state index is 0.0249. The second-order valence-electron chi connectivity index (χ2n) is 10.3. The number of halogens is 9. The molecule has 1 aliphatic rings. The molecule has 3 aromatic rings. The highest BCUT2D eigenvalue weighted by Gasteiger charge is 2.40. The predicted molar refractivity (Wildman–Crippen MR) is 140 cm³/mol. The molecule has 0 aliphatic carbocycles. The highest BCUT2D eigenvalue weighted by Crippen LogP contribution is 2.43. The molecular formula is C27H27F9N6O3. The molecule has 2 N–H and O–H groups in total. The monoisotopic (exact) mass is 654 g/mol. The lowest BCUT2D eigenvalue weighted by molar-refractivity contribution is -0.143. The number of carbonyl (C=O) groups is 1. The summed E-state index contributed by atoms with van der Waals surface area (Å²) in [5.41, 5.74) is -4.17. The van der Waals surface area contributed by atoms with Crippen LogP contribution in [0, 0.1) is 0 Å². The zero-order chi connectivity index (χ0) is 33.3. The van der Waals surface area contributed by atoms with Gasteiger partial charge in [0.1, 0.15) is 0 Å². The Kier molecular flexibility index (Phi) is 9.56. The minimum Gasteiger partial charge on any atom is -0.449 e. The van der Waals surface area contributed by atoms with E-state index in [9.17, 15) is 49.4 Å². The number of hydrogen-bond acceptors (Lipinski definition) is 7. The fourth-order valence-corrected chi connectivity index (χ4v) is 5.05. The third-order valence-electron chi connectivity index (χ3n) is 7.05. The van der Waals surface area contributed by atoms with Gasteiger partial charge in [0, 0.05) is 12.5 Å². The Hall–Kier alpha value is -4.09. The molecule has 1 aliphatic heterocycles. The van der Waals surface area contributed by atoms with Gasteiger partial charge in [-0.1, -0.05) is 12.0 Å². The highest BCUT2D eigenvalue weighted by atomic mass is 19.4. The number of benzene rings is 2. The van der Waals surface area contributed by atoms with Gasteiger partial charge >= 0.3 is 24.6 Å². The van der Waals surface area contributed by atoms with E-state index < -0.39 is 78.0 Å². The molecule has 1 aromatic heterocycles. The van der Waals surface area contributed by atoms with Crippen LogP contribution in [0.1, 0.15) is 60.5 Å². The van der Waals surface area contributed by atoms with Crippen molar-refractivity contribution in [3.63, 3.8) is 0 Å². The van der Waals surface area contributed by atoms with Gasteiger partial charge in [-0.25, -0.2) is 4.79 Å². The van der Waals surface area contributed by atoms with Gasteiger partial charge in [-0.2, -0.15) is 44.3 Å². The molecule has 246 valence electrons. The number of nitrogens with one attached hydrogen (secondary N) is 1. The Bertz CT molecular complexity index is 1470. The van der Waals surface area contributed by atoms with E-state index in [0.717, 1.165) is 16.9 Å². The standard InChI is InChI=1S/C27H27F9N6O3/c1-3-18-12-21(20-11-15(25(28,29)30)5-6-22(20)42(18)24(44)45-4-2)37-23-38-40-41(39-23)13-19(43)9-14-7-16(26(31,32)33)10-17(8-14)27(34,35)36/h5-8,10-11,18-19,21,43H,3-4,9,12-13H2,1-2H3,(H,37,39)/t18-,19?,21+/m1/s1. The summed E-state index contributed by atoms with van der Waals surface area (Å²) >= 11 is 0. The largest absolute Gasteiger partial charge is 0.449 e. The molecular weight excluding hydrogens is 627 g/mol. The molecule has 1 amide bonds. The van der Waals surface area contributed by atoms with Crippen molar-refractivity contribution in [3.05, 3.63) is 64.2 Å². The molecule has 0 saturated heterocycles. The van der Waals surface area contributed by atoms with Crippen LogP contribution in [0.4, 0.5) is 55.9 Å². The number of aliphatic hydroxyl groups excluding tert-OH is 1. The van der Waals surface area contributed by atoms with Crippen molar-refractivity contribution in [1.29, 1.82) is 0 Å². The number of rotatable bonds is 8. The first-order valence-corrected chi connectivity index (χ1v) is 13.6. The third kappa shape index (κ3) is 7.96. The molecule has 4 rings (SSSR count). The van der Waals surface area contributed by atoms with E-state index in [1.807, 2.05) is 0 Å². The Labute approximate surface area is 250 Å². The maximum Gasteiger partial charge on any atom is 0.416 e. The van der Waals surface area contributed by atoms with Crippen LogP contribution in [0.3, 0.4) is 0 Å². The first-order valence-electron chi connectivity index (χ1n) is 13.6. The average molecular weight is 655 g/mol. The van der Waals surface area contributed by atoms with Crippen molar-refractivity contribution in [2.75, 3.05) is 16.8 Å². The average Bonchev–Trinajstić information content (AvgIpc) is 3.37. The van der Waals surface area contributed by atoms with Crippen LogP contribution in [0.15, 0.2) is 36.4 Å². The topological polar surface area (TPSA) is 105 Å². The van der Waals surface area contributed by atoms with E-state index in [-0.39, 0.29) is 36.3 Å². The number of nitrogens with zero attached hydrogens (tertiary/aromatic N) is 5. The molecule has 0 saturated carbocycles. The summed E-state index contributed by atoms with van der Waals surface area (Å²) in [5, 5.41) is 24.8. The molecule has 3 atom stereocenters. The maximum atomic E-state index is 13.6. The van der Waals surface area contributed by atoms with Crippen molar-refractivity contribution >= 4 is 17.7 Å². The number of amides is 1. The second-order valence-corrected chi connectivity index (χ2v) is 10.3. The molecule has 0 bridgehead atoms. The molecule has 18 heteroatoms. The van der Waals surface area contributed by atoms with Gasteiger partial charge in [-0.15, -0.1) is 5.10 Å². The first-order chi connectivity index (χ1) is 20.9. The number of carbonyl (C=O) groups excluding carboxylic acids is 1. The number of anilines is 2. The number of fused-ring (bicyclic) bond motifs is 1. The molecule has 2 heterocycles. The van der Waals surface area contributed by atoms with Gasteiger partial charge in [0.15, 0.2) is 0 Å². The van der Waals surface area contributed by atoms with E-state index in [4.69, 9.17) is 4.74 Å². The summed E-state index contributed by atoms with van der Waals surface area (Å²) in [6.07, 6.45) is -17.2. The smallest absolute Gasteiger partial charge is 0.416 e. The number of alkyl halides is 9.